The Morgan fingerprint density at radius 1 is 0.879 bits per heavy atom. The van der Waals surface area contributed by atoms with E-state index in [4.69, 9.17) is 0 Å². The summed E-state index contributed by atoms with van der Waals surface area (Å²) in [5, 5.41) is 0. The number of likely N-dealkylation sites (tertiary alicyclic amines) is 2. The summed E-state index contributed by atoms with van der Waals surface area (Å²) >= 11 is 0. The number of amides is 2. The van der Waals surface area contributed by atoms with Crippen LogP contribution < -0.4 is 0 Å². The zero-order valence-corrected chi connectivity index (χ0v) is 19.8. The number of carbonyl (C=O) groups is 2. The van der Waals surface area contributed by atoms with Crippen LogP contribution in [0.25, 0.3) is 0 Å². The van der Waals surface area contributed by atoms with Gasteiger partial charge in [-0.05, 0) is 49.7 Å². The lowest BCUT2D eigenvalue weighted by atomic mass is 9.67. The monoisotopic (exact) mass is 444 g/mol. The molecule has 33 heavy (non-hydrogen) atoms. The molecule has 2 amide bonds. The van der Waals surface area contributed by atoms with Crippen LogP contribution in [0.5, 0.6) is 0 Å². The Balaban J connectivity index is 1.30. The molecule has 2 heterocycles. The first-order valence-corrected chi connectivity index (χ1v) is 12.7. The van der Waals surface area contributed by atoms with E-state index in [1.54, 1.807) is 0 Å². The number of nitrogens with zero attached hydrogens (tertiary/aromatic N) is 2. The van der Waals surface area contributed by atoms with Crippen molar-refractivity contribution in [2.45, 2.75) is 69.2 Å². The predicted molar refractivity (Wildman–Crippen MR) is 131 cm³/mol. The molecule has 4 nitrogen and oxygen atoms in total. The standard InChI is InChI=1S/C29H36N2O2/c1-30-25(21-23-11-5-2-6-12-23)22-28(26(30)32)17-19-31(20-18-28)27(33)29(15-9-4-10-16-29)24-13-7-3-8-14-24/h2-3,5-8,11-14,25H,4,9-10,15-22H2,1H3/t25-/m0/s1. The van der Waals surface area contributed by atoms with Gasteiger partial charge in [0.2, 0.25) is 11.8 Å². The lowest BCUT2D eigenvalue weighted by molar-refractivity contribution is -0.146. The van der Waals surface area contributed by atoms with Gasteiger partial charge in [-0.2, -0.15) is 0 Å². The quantitative estimate of drug-likeness (QED) is 0.668. The average Bonchev–Trinajstić information content (AvgIpc) is 3.10. The Hall–Kier alpha value is -2.62. The largest absolute Gasteiger partial charge is 0.342 e. The van der Waals surface area contributed by atoms with Gasteiger partial charge in [0.15, 0.2) is 0 Å². The number of rotatable bonds is 4. The van der Waals surface area contributed by atoms with Crippen LogP contribution >= 0.6 is 0 Å². The lowest BCUT2D eigenvalue weighted by Crippen LogP contribution is -2.53. The van der Waals surface area contributed by atoms with Gasteiger partial charge in [-0.3, -0.25) is 9.59 Å². The molecular weight excluding hydrogens is 408 g/mol. The van der Waals surface area contributed by atoms with Gasteiger partial charge in [0.1, 0.15) is 0 Å². The summed E-state index contributed by atoms with van der Waals surface area (Å²) in [6.45, 7) is 1.40. The molecule has 1 atom stereocenters. The van der Waals surface area contributed by atoms with Crippen LogP contribution in [0.3, 0.4) is 0 Å². The molecule has 5 rings (SSSR count). The predicted octanol–water partition coefficient (Wildman–Crippen LogP) is 4.97. The van der Waals surface area contributed by atoms with Crippen molar-refractivity contribution in [3.8, 4) is 0 Å². The Labute approximate surface area is 198 Å². The maximum Gasteiger partial charge on any atom is 0.233 e. The highest BCUT2D eigenvalue weighted by Gasteiger charge is 2.53. The van der Waals surface area contributed by atoms with Crippen molar-refractivity contribution in [2.24, 2.45) is 5.41 Å². The van der Waals surface area contributed by atoms with Gasteiger partial charge in [0.25, 0.3) is 0 Å². The molecule has 4 heteroatoms. The molecule has 2 aromatic carbocycles. The fourth-order valence-electron chi connectivity index (χ4n) is 6.71. The molecule has 0 radical (unpaired) electrons. The van der Waals surface area contributed by atoms with Crippen LogP contribution in [0.2, 0.25) is 0 Å². The zero-order valence-electron chi connectivity index (χ0n) is 19.8. The molecule has 174 valence electrons. The molecule has 3 fully saturated rings. The Bertz CT molecular complexity index is 973. The minimum atomic E-state index is -0.379. The third-order valence-electron chi connectivity index (χ3n) is 8.71. The third kappa shape index (κ3) is 3.98. The summed E-state index contributed by atoms with van der Waals surface area (Å²) in [4.78, 5) is 31.4. The van der Waals surface area contributed by atoms with E-state index < -0.39 is 0 Å². The van der Waals surface area contributed by atoms with Crippen LogP contribution in [-0.4, -0.2) is 47.8 Å². The molecule has 1 spiro atoms. The van der Waals surface area contributed by atoms with Gasteiger partial charge >= 0.3 is 0 Å². The van der Waals surface area contributed by atoms with E-state index in [-0.39, 0.29) is 22.8 Å². The number of carbonyl (C=O) groups excluding carboxylic acids is 2. The van der Waals surface area contributed by atoms with Crippen molar-refractivity contribution in [2.75, 3.05) is 20.1 Å². The molecule has 0 bridgehead atoms. The molecule has 0 unspecified atom stereocenters. The zero-order chi connectivity index (χ0) is 22.9. The van der Waals surface area contributed by atoms with Crippen molar-refractivity contribution >= 4 is 11.8 Å². The van der Waals surface area contributed by atoms with Crippen LogP contribution in [0.15, 0.2) is 60.7 Å². The summed E-state index contributed by atoms with van der Waals surface area (Å²) in [6, 6.07) is 21.1. The maximum atomic E-state index is 14.0. The van der Waals surface area contributed by atoms with Crippen molar-refractivity contribution in [3.05, 3.63) is 71.8 Å². The van der Waals surface area contributed by atoms with E-state index in [1.807, 2.05) is 24.1 Å². The number of likely N-dealkylation sites (N-methyl/N-ethyl adjacent to an activating group) is 1. The molecule has 1 saturated carbocycles. The number of benzene rings is 2. The Morgan fingerprint density at radius 3 is 2.12 bits per heavy atom. The molecular formula is C29H36N2O2. The van der Waals surface area contributed by atoms with Crippen molar-refractivity contribution in [3.63, 3.8) is 0 Å². The average molecular weight is 445 g/mol. The number of hydrogen-bond donors (Lipinski definition) is 0. The first kappa shape index (κ1) is 22.2. The summed E-state index contributed by atoms with van der Waals surface area (Å²) < 4.78 is 0. The van der Waals surface area contributed by atoms with E-state index in [0.29, 0.717) is 19.0 Å². The number of hydrogen-bond acceptors (Lipinski definition) is 2. The minimum Gasteiger partial charge on any atom is -0.342 e. The van der Waals surface area contributed by atoms with Gasteiger partial charge in [0.05, 0.1) is 10.8 Å². The van der Waals surface area contributed by atoms with Gasteiger partial charge in [-0.25, -0.2) is 0 Å². The first-order valence-electron chi connectivity index (χ1n) is 12.7. The van der Waals surface area contributed by atoms with Gasteiger partial charge in [-0.1, -0.05) is 79.9 Å². The fraction of sp³-hybridized carbons (Fsp3) is 0.517. The van der Waals surface area contributed by atoms with E-state index in [0.717, 1.165) is 51.4 Å². The summed E-state index contributed by atoms with van der Waals surface area (Å²) in [5.74, 6) is 0.578. The maximum absolute atomic E-state index is 14.0. The third-order valence-corrected chi connectivity index (χ3v) is 8.71. The smallest absolute Gasteiger partial charge is 0.233 e. The normalized spacial score (nSPS) is 24.3. The molecule has 2 aromatic rings. The van der Waals surface area contributed by atoms with Crippen LogP contribution in [0.1, 0.15) is 62.5 Å². The SMILES string of the molecule is CN1C(=O)C2(CCN(C(=O)C3(c4ccccc4)CCCCC3)CC2)C[C@@H]1Cc1ccccc1. The van der Waals surface area contributed by atoms with E-state index in [1.165, 1.54) is 17.5 Å². The van der Waals surface area contributed by atoms with Gasteiger partial charge in [0, 0.05) is 26.2 Å². The van der Waals surface area contributed by atoms with E-state index >= 15 is 0 Å². The summed E-state index contributed by atoms with van der Waals surface area (Å²) in [7, 11) is 1.97. The number of piperidine rings is 1. The molecule has 0 aromatic heterocycles. The lowest BCUT2D eigenvalue weighted by Gasteiger charge is -2.44. The van der Waals surface area contributed by atoms with E-state index in [9.17, 15) is 9.59 Å². The van der Waals surface area contributed by atoms with Crippen molar-refractivity contribution in [1.82, 2.24) is 9.80 Å². The van der Waals surface area contributed by atoms with Gasteiger partial charge in [-0.15, -0.1) is 0 Å². The van der Waals surface area contributed by atoms with Crippen LogP contribution in [0.4, 0.5) is 0 Å². The van der Waals surface area contributed by atoms with Crippen LogP contribution in [0, 0.1) is 5.41 Å². The summed E-state index contributed by atoms with van der Waals surface area (Å²) in [6.07, 6.45) is 8.72. The first-order chi connectivity index (χ1) is 16.0. The minimum absolute atomic E-state index is 0.246. The Kier molecular flexibility index (Phi) is 6.03. The molecule has 0 N–H and O–H groups in total. The summed E-state index contributed by atoms with van der Waals surface area (Å²) in [5.41, 5.74) is 1.79. The highest BCUT2D eigenvalue weighted by atomic mass is 16.2. The highest BCUT2D eigenvalue weighted by molar-refractivity contribution is 5.89. The van der Waals surface area contributed by atoms with Crippen molar-refractivity contribution < 1.29 is 9.59 Å². The Morgan fingerprint density at radius 2 is 1.48 bits per heavy atom. The second kappa shape index (κ2) is 8.96. The second-order valence-electron chi connectivity index (χ2n) is 10.5. The molecule has 1 aliphatic carbocycles. The van der Waals surface area contributed by atoms with E-state index in [2.05, 4.69) is 53.4 Å². The second-order valence-corrected chi connectivity index (χ2v) is 10.5. The molecule has 2 aliphatic heterocycles. The topological polar surface area (TPSA) is 40.6 Å². The highest BCUT2D eigenvalue weighted by Crippen LogP contribution is 2.47. The molecule has 3 aliphatic rings. The molecule has 2 saturated heterocycles. The van der Waals surface area contributed by atoms with Crippen LogP contribution in [-0.2, 0) is 21.4 Å². The van der Waals surface area contributed by atoms with Crippen molar-refractivity contribution in [1.29, 1.82) is 0 Å². The van der Waals surface area contributed by atoms with Gasteiger partial charge < -0.3 is 9.80 Å². The fourth-order valence-corrected chi connectivity index (χ4v) is 6.71.